The summed E-state index contributed by atoms with van der Waals surface area (Å²) in [7, 11) is 0. The first-order valence-electron chi connectivity index (χ1n) is 8.73. The lowest BCUT2D eigenvalue weighted by Gasteiger charge is -2.39. The van der Waals surface area contributed by atoms with E-state index in [-0.39, 0.29) is 5.56 Å². The van der Waals surface area contributed by atoms with Gasteiger partial charge in [0.2, 0.25) is 0 Å². The molecule has 0 aliphatic carbocycles. The fourth-order valence-corrected chi connectivity index (χ4v) is 3.54. The van der Waals surface area contributed by atoms with Crippen LogP contribution >= 0.6 is 11.6 Å². The first kappa shape index (κ1) is 20.1. The molecule has 0 aromatic heterocycles. The molecular formula is C20H21ClF3NO2. The Bertz CT molecular complexity index is 772. The van der Waals surface area contributed by atoms with Gasteiger partial charge in [-0.3, -0.25) is 0 Å². The van der Waals surface area contributed by atoms with Gasteiger partial charge in [0.15, 0.2) is 0 Å². The number of aliphatic hydroxyl groups excluding tert-OH is 1. The number of likely N-dealkylation sites (tertiary alicyclic amines) is 1. The number of rotatable bonds is 4. The van der Waals surface area contributed by atoms with E-state index in [0.29, 0.717) is 37.5 Å². The van der Waals surface area contributed by atoms with Crippen LogP contribution < -0.4 is 0 Å². The molecule has 3 rings (SSSR count). The van der Waals surface area contributed by atoms with Gasteiger partial charge in [-0.2, -0.15) is 13.2 Å². The summed E-state index contributed by atoms with van der Waals surface area (Å²) in [5, 5.41) is 21.8. The summed E-state index contributed by atoms with van der Waals surface area (Å²) >= 11 is 5.85. The number of piperidine rings is 1. The number of benzene rings is 2. The minimum absolute atomic E-state index is 0.287. The van der Waals surface area contributed by atoms with E-state index in [1.54, 1.807) is 24.3 Å². The predicted molar refractivity (Wildman–Crippen MR) is 97.4 cm³/mol. The Morgan fingerprint density at radius 1 is 1.07 bits per heavy atom. The van der Waals surface area contributed by atoms with Crippen LogP contribution in [0.15, 0.2) is 48.5 Å². The van der Waals surface area contributed by atoms with Crippen LogP contribution in [0.5, 0.6) is 0 Å². The minimum atomic E-state index is -4.43. The van der Waals surface area contributed by atoms with E-state index in [2.05, 4.69) is 0 Å². The predicted octanol–water partition coefficient (Wildman–Crippen LogP) is 4.38. The third kappa shape index (κ3) is 4.82. The number of β-amino-alcohol motifs (C(OH)–C–C–N with tert-alkyl or cyclic N) is 1. The topological polar surface area (TPSA) is 43.7 Å². The molecule has 146 valence electrons. The smallest absolute Gasteiger partial charge is 0.387 e. The molecule has 3 nitrogen and oxygen atoms in total. The van der Waals surface area contributed by atoms with Gasteiger partial charge in [0.25, 0.3) is 0 Å². The second kappa shape index (κ2) is 7.80. The third-order valence-electron chi connectivity index (χ3n) is 5.10. The van der Waals surface area contributed by atoms with Crippen molar-refractivity contribution in [1.29, 1.82) is 0 Å². The lowest BCUT2D eigenvalue weighted by atomic mass is 9.83. The summed E-state index contributed by atoms with van der Waals surface area (Å²) in [6.45, 7) is 1.36. The van der Waals surface area contributed by atoms with E-state index in [1.165, 1.54) is 12.1 Å². The first-order chi connectivity index (χ1) is 12.7. The Morgan fingerprint density at radius 3 is 2.30 bits per heavy atom. The Balaban J connectivity index is 1.63. The lowest BCUT2D eigenvalue weighted by molar-refractivity contribution is -0.137. The maximum atomic E-state index is 12.9. The van der Waals surface area contributed by atoms with Crippen molar-refractivity contribution in [2.24, 2.45) is 0 Å². The SMILES string of the molecule is OC(CN1CCC(O)(c2cccc(C(F)(F)F)c2)CC1)c1ccc(Cl)cc1. The van der Waals surface area contributed by atoms with Crippen LogP contribution in [0.4, 0.5) is 13.2 Å². The van der Waals surface area contributed by atoms with Gasteiger partial charge in [0.05, 0.1) is 17.3 Å². The Morgan fingerprint density at radius 2 is 1.70 bits per heavy atom. The van der Waals surface area contributed by atoms with Crippen molar-refractivity contribution >= 4 is 11.6 Å². The summed E-state index contributed by atoms with van der Waals surface area (Å²) in [4.78, 5) is 2.00. The molecule has 0 saturated carbocycles. The molecule has 1 atom stereocenters. The highest BCUT2D eigenvalue weighted by molar-refractivity contribution is 6.30. The van der Waals surface area contributed by atoms with Crippen molar-refractivity contribution in [2.75, 3.05) is 19.6 Å². The molecule has 1 aliphatic rings. The summed E-state index contributed by atoms with van der Waals surface area (Å²) in [6, 6.07) is 11.8. The van der Waals surface area contributed by atoms with Crippen molar-refractivity contribution < 1.29 is 23.4 Å². The average Bonchev–Trinajstić information content (AvgIpc) is 2.64. The minimum Gasteiger partial charge on any atom is -0.387 e. The molecule has 0 bridgehead atoms. The number of nitrogens with zero attached hydrogens (tertiary/aromatic N) is 1. The summed E-state index contributed by atoms with van der Waals surface area (Å²) in [5.74, 6) is 0. The molecule has 2 N–H and O–H groups in total. The summed E-state index contributed by atoms with van der Waals surface area (Å²) < 4.78 is 38.8. The fourth-order valence-electron chi connectivity index (χ4n) is 3.41. The number of aliphatic hydroxyl groups is 2. The molecule has 2 aromatic carbocycles. The monoisotopic (exact) mass is 399 g/mol. The van der Waals surface area contributed by atoms with Gasteiger partial charge >= 0.3 is 6.18 Å². The van der Waals surface area contributed by atoms with Crippen molar-refractivity contribution in [2.45, 2.75) is 30.7 Å². The van der Waals surface area contributed by atoms with Gasteiger partial charge in [-0.15, -0.1) is 0 Å². The molecule has 1 heterocycles. The van der Waals surface area contributed by atoms with Gasteiger partial charge in [0, 0.05) is 24.7 Å². The van der Waals surface area contributed by atoms with Gasteiger partial charge in [0.1, 0.15) is 0 Å². The molecule has 0 radical (unpaired) electrons. The molecule has 7 heteroatoms. The molecule has 2 aromatic rings. The zero-order chi connectivity index (χ0) is 19.7. The standard InChI is InChI=1S/C20H21ClF3NO2/c21-17-6-4-14(5-7-17)18(26)13-25-10-8-19(27,9-11-25)15-2-1-3-16(12-15)20(22,23)24/h1-7,12,18,26-27H,8-11,13H2. The van der Waals surface area contributed by atoms with Crippen molar-refractivity contribution in [3.63, 3.8) is 0 Å². The van der Waals surface area contributed by atoms with E-state index in [9.17, 15) is 23.4 Å². The molecule has 1 fully saturated rings. The van der Waals surface area contributed by atoms with Crippen LogP contribution in [0.2, 0.25) is 5.02 Å². The van der Waals surface area contributed by atoms with Crippen LogP contribution in [0.25, 0.3) is 0 Å². The van der Waals surface area contributed by atoms with E-state index in [1.807, 2.05) is 4.90 Å². The number of alkyl halides is 3. The van der Waals surface area contributed by atoms with Crippen LogP contribution in [0, 0.1) is 0 Å². The Kier molecular flexibility index (Phi) is 5.82. The summed E-state index contributed by atoms with van der Waals surface area (Å²) in [6.07, 6.45) is -4.51. The maximum Gasteiger partial charge on any atom is 0.416 e. The number of hydrogen-bond donors (Lipinski definition) is 2. The molecule has 0 spiro atoms. The van der Waals surface area contributed by atoms with Crippen molar-refractivity contribution in [3.8, 4) is 0 Å². The van der Waals surface area contributed by atoms with Crippen molar-refractivity contribution in [3.05, 3.63) is 70.2 Å². The molecule has 27 heavy (non-hydrogen) atoms. The second-order valence-electron chi connectivity index (χ2n) is 6.98. The fraction of sp³-hybridized carbons (Fsp3) is 0.400. The van der Waals surface area contributed by atoms with Gasteiger partial charge in [-0.1, -0.05) is 35.9 Å². The van der Waals surface area contributed by atoms with E-state index < -0.39 is 23.4 Å². The quantitative estimate of drug-likeness (QED) is 0.802. The largest absolute Gasteiger partial charge is 0.416 e. The molecule has 1 aliphatic heterocycles. The molecule has 0 amide bonds. The zero-order valence-electron chi connectivity index (χ0n) is 14.6. The Hall–Kier alpha value is -1.60. The summed E-state index contributed by atoms with van der Waals surface area (Å²) in [5.41, 5.74) is -1.01. The van der Waals surface area contributed by atoms with Crippen molar-refractivity contribution in [1.82, 2.24) is 4.90 Å². The average molecular weight is 400 g/mol. The Labute approximate surface area is 161 Å². The van der Waals surface area contributed by atoms with Crippen LogP contribution in [-0.4, -0.2) is 34.7 Å². The maximum absolute atomic E-state index is 12.9. The molecular weight excluding hydrogens is 379 g/mol. The normalized spacial score (nSPS) is 19.0. The van der Waals surface area contributed by atoms with E-state index in [0.717, 1.165) is 17.7 Å². The second-order valence-corrected chi connectivity index (χ2v) is 7.41. The number of halogens is 4. The zero-order valence-corrected chi connectivity index (χ0v) is 15.3. The van der Waals surface area contributed by atoms with Gasteiger partial charge < -0.3 is 15.1 Å². The van der Waals surface area contributed by atoms with E-state index >= 15 is 0 Å². The molecule has 1 saturated heterocycles. The highest BCUT2D eigenvalue weighted by Gasteiger charge is 2.37. The van der Waals surface area contributed by atoms with Crippen LogP contribution in [0.1, 0.15) is 35.6 Å². The third-order valence-corrected chi connectivity index (χ3v) is 5.35. The lowest BCUT2D eigenvalue weighted by Crippen LogP contribution is -2.44. The first-order valence-corrected chi connectivity index (χ1v) is 9.11. The van der Waals surface area contributed by atoms with Gasteiger partial charge in [-0.25, -0.2) is 0 Å². The van der Waals surface area contributed by atoms with Crippen LogP contribution in [0.3, 0.4) is 0 Å². The molecule has 1 unspecified atom stereocenters. The van der Waals surface area contributed by atoms with Crippen LogP contribution in [-0.2, 0) is 11.8 Å². The highest BCUT2D eigenvalue weighted by Crippen LogP contribution is 2.37. The van der Waals surface area contributed by atoms with Gasteiger partial charge in [-0.05, 0) is 48.2 Å². The number of hydrogen-bond acceptors (Lipinski definition) is 3. The highest BCUT2D eigenvalue weighted by atomic mass is 35.5. The van der Waals surface area contributed by atoms with E-state index in [4.69, 9.17) is 11.6 Å².